The summed E-state index contributed by atoms with van der Waals surface area (Å²) >= 11 is 0. The van der Waals surface area contributed by atoms with Crippen molar-refractivity contribution in [1.29, 1.82) is 0 Å². The third-order valence-electron chi connectivity index (χ3n) is 2.03. The van der Waals surface area contributed by atoms with E-state index in [2.05, 4.69) is 0 Å². The molecule has 5 nitrogen and oxygen atoms in total. The standard InChI is InChI=1S/C8H12N2O3/c1-3-9(4-2)8(13)10-6(11)5-7(10)12/h3-5H2,1-2H3. The zero-order valence-electron chi connectivity index (χ0n) is 7.74. The highest BCUT2D eigenvalue weighted by Crippen LogP contribution is 2.13. The van der Waals surface area contributed by atoms with Crippen LogP contribution in [-0.4, -0.2) is 40.7 Å². The number of β-lactam (4-membered cyclic amide) rings is 2. The van der Waals surface area contributed by atoms with E-state index in [1.807, 2.05) is 0 Å². The summed E-state index contributed by atoms with van der Waals surface area (Å²) in [5.74, 6) is -0.802. The molecule has 72 valence electrons. The van der Waals surface area contributed by atoms with Crippen molar-refractivity contribution in [2.75, 3.05) is 13.1 Å². The van der Waals surface area contributed by atoms with Crippen molar-refractivity contribution < 1.29 is 14.4 Å². The fraction of sp³-hybridized carbons (Fsp3) is 0.625. The minimum absolute atomic E-state index is 0.132. The SMILES string of the molecule is CCN(CC)C(=O)N1C(=O)CC1=O. The molecule has 0 saturated carbocycles. The maximum Gasteiger partial charge on any atom is 0.333 e. The molecule has 1 fully saturated rings. The molecule has 0 spiro atoms. The minimum Gasteiger partial charge on any atom is -0.324 e. The first kappa shape index (κ1) is 9.70. The lowest BCUT2D eigenvalue weighted by Crippen LogP contribution is -2.56. The molecule has 0 radical (unpaired) electrons. The van der Waals surface area contributed by atoms with Gasteiger partial charge in [-0.1, -0.05) is 0 Å². The molecule has 1 aliphatic heterocycles. The normalized spacial score (nSPS) is 15.7. The molecule has 4 amide bonds. The van der Waals surface area contributed by atoms with Gasteiger partial charge < -0.3 is 4.90 Å². The number of imide groups is 3. The van der Waals surface area contributed by atoms with Crippen LogP contribution in [0.4, 0.5) is 4.79 Å². The molecule has 1 rings (SSSR count). The maximum atomic E-state index is 11.4. The molecule has 0 bridgehead atoms. The second-order valence-corrected chi connectivity index (χ2v) is 2.75. The van der Waals surface area contributed by atoms with Crippen LogP contribution in [-0.2, 0) is 9.59 Å². The Labute approximate surface area is 76.3 Å². The van der Waals surface area contributed by atoms with Gasteiger partial charge in [-0.25, -0.2) is 4.79 Å². The second-order valence-electron chi connectivity index (χ2n) is 2.75. The van der Waals surface area contributed by atoms with Crippen LogP contribution in [0.3, 0.4) is 0 Å². The lowest BCUT2D eigenvalue weighted by atomic mass is 10.2. The molecule has 0 N–H and O–H groups in total. The highest BCUT2D eigenvalue weighted by molar-refractivity contribution is 6.24. The molecule has 0 aromatic heterocycles. The van der Waals surface area contributed by atoms with Crippen molar-refractivity contribution in [3.63, 3.8) is 0 Å². The molecule has 1 heterocycles. The Morgan fingerprint density at radius 3 is 2.08 bits per heavy atom. The van der Waals surface area contributed by atoms with Crippen molar-refractivity contribution >= 4 is 17.8 Å². The number of amides is 4. The van der Waals surface area contributed by atoms with Gasteiger partial charge >= 0.3 is 6.03 Å². The molecular weight excluding hydrogens is 172 g/mol. The van der Waals surface area contributed by atoms with Gasteiger partial charge in [0.15, 0.2) is 0 Å². The third-order valence-corrected chi connectivity index (χ3v) is 2.03. The zero-order chi connectivity index (χ0) is 10.0. The molecule has 1 aliphatic rings. The number of carbonyl (C=O) groups is 3. The first-order valence-electron chi connectivity index (χ1n) is 4.26. The number of carbonyl (C=O) groups excluding carboxylic acids is 3. The quantitative estimate of drug-likeness (QED) is 0.455. The first-order chi connectivity index (χ1) is 6.11. The van der Waals surface area contributed by atoms with Crippen molar-refractivity contribution in [1.82, 2.24) is 9.80 Å². The minimum atomic E-state index is -0.494. The fourth-order valence-electron chi connectivity index (χ4n) is 1.18. The third kappa shape index (κ3) is 1.54. The van der Waals surface area contributed by atoms with E-state index >= 15 is 0 Å². The summed E-state index contributed by atoms with van der Waals surface area (Å²) in [6.45, 7) is 4.62. The van der Waals surface area contributed by atoms with E-state index in [0.29, 0.717) is 18.0 Å². The number of hydrogen-bond acceptors (Lipinski definition) is 3. The van der Waals surface area contributed by atoms with Crippen molar-refractivity contribution in [3.8, 4) is 0 Å². The number of likely N-dealkylation sites (tertiary alicyclic amines) is 1. The van der Waals surface area contributed by atoms with E-state index in [1.165, 1.54) is 4.90 Å². The predicted molar refractivity (Wildman–Crippen MR) is 44.8 cm³/mol. The van der Waals surface area contributed by atoms with Crippen LogP contribution in [0.1, 0.15) is 20.3 Å². The van der Waals surface area contributed by atoms with Gasteiger partial charge in [0.05, 0.1) is 0 Å². The lowest BCUT2D eigenvalue weighted by molar-refractivity contribution is -0.153. The van der Waals surface area contributed by atoms with Crippen molar-refractivity contribution in [2.24, 2.45) is 0 Å². The van der Waals surface area contributed by atoms with E-state index in [1.54, 1.807) is 13.8 Å². The summed E-state index contributed by atoms with van der Waals surface area (Å²) in [7, 11) is 0. The van der Waals surface area contributed by atoms with E-state index in [0.717, 1.165) is 0 Å². The van der Waals surface area contributed by atoms with Gasteiger partial charge in [-0.3, -0.25) is 9.59 Å². The molecule has 5 heteroatoms. The number of hydrogen-bond donors (Lipinski definition) is 0. The van der Waals surface area contributed by atoms with Gasteiger partial charge in [0, 0.05) is 13.1 Å². The Bertz CT molecular complexity index is 244. The molecule has 1 saturated heterocycles. The summed E-state index contributed by atoms with van der Waals surface area (Å²) in [6.07, 6.45) is -0.132. The van der Waals surface area contributed by atoms with Crippen LogP contribution in [0.25, 0.3) is 0 Å². The van der Waals surface area contributed by atoms with Gasteiger partial charge in [-0.2, -0.15) is 4.90 Å². The molecule has 13 heavy (non-hydrogen) atoms. The predicted octanol–water partition coefficient (Wildman–Crippen LogP) is 0.207. The van der Waals surface area contributed by atoms with Gasteiger partial charge in [0.1, 0.15) is 6.42 Å². The van der Waals surface area contributed by atoms with Gasteiger partial charge in [-0.05, 0) is 13.8 Å². The Morgan fingerprint density at radius 2 is 1.77 bits per heavy atom. The molecule has 0 aromatic carbocycles. The van der Waals surface area contributed by atoms with Gasteiger partial charge in [0.25, 0.3) is 0 Å². The molecule has 0 unspecified atom stereocenters. The summed E-state index contributed by atoms with van der Waals surface area (Å²) in [5, 5.41) is 0. The van der Waals surface area contributed by atoms with Crippen molar-refractivity contribution in [2.45, 2.75) is 20.3 Å². The number of nitrogens with zero attached hydrogens (tertiary/aromatic N) is 2. The summed E-state index contributed by atoms with van der Waals surface area (Å²) in [6, 6.07) is -0.494. The Balaban J connectivity index is 2.66. The van der Waals surface area contributed by atoms with Crippen LogP contribution in [0.2, 0.25) is 0 Å². The lowest BCUT2D eigenvalue weighted by Gasteiger charge is -2.31. The fourth-order valence-corrected chi connectivity index (χ4v) is 1.18. The summed E-state index contributed by atoms with van der Waals surface area (Å²) < 4.78 is 0. The molecular formula is C8H12N2O3. The first-order valence-corrected chi connectivity index (χ1v) is 4.26. The highest BCUT2D eigenvalue weighted by atomic mass is 16.2. The van der Waals surface area contributed by atoms with Crippen LogP contribution < -0.4 is 0 Å². The topological polar surface area (TPSA) is 57.7 Å². The van der Waals surface area contributed by atoms with Crippen LogP contribution in [0, 0.1) is 0 Å². The zero-order valence-corrected chi connectivity index (χ0v) is 7.74. The Hall–Kier alpha value is -1.39. The molecule has 0 atom stereocenters. The Morgan fingerprint density at radius 1 is 1.31 bits per heavy atom. The van der Waals surface area contributed by atoms with Gasteiger partial charge in [0.2, 0.25) is 11.8 Å². The van der Waals surface area contributed by atoms with E-state index in [4.69, 9.17) is 0 Å². The average Bonchev–Trinajstić information content (AvgIpc) is 2.05. The summed E-state index contributed by atoms with van der Waals surface area (Å²) in [5.41, 5.74) is 0. The Kier molecular flexibility index (Phi) is 2.65. The second kappa shape index (κ2) is 3.55. The van der Waals surface area contributed by atoms with E-state index < -0.39 is 17.8 Å². The van der Waals surface area contributed by atoms with Gasteiger partial charge in [-0.15, -0.1) is 0 Å². The molecule has 0 aromatic rings. The van der Waals surface area contributed by atoms with Crippen LogP contribution >= 0.6 is 0 Å². The van der Waals surface area contributed by atoms with Crippen LogP contribution in [0.15, 0.2) is 0 Å². The number of urea groups is 1. The molecule has 0 aliphatic carbocycles. The van der Waals surface area contributed by atoms with Crippen LogP contribution in [0.5, 0.6) is 0 Å². The maximum absolute atomic E-state index is 11.4. The summed E-state index contributed by atoms with van der Waals surface area (Å²) in [4.78, 5) is 35.3. The van der Waals surface area contributed by atoms with E-state index in [9.17, 15) is 14.4 Å². The number of rotatable bonds is 2. The largest absolute Gasteiger partial charge is 0.333 e. The van der Waals surface area contributed by atoms with E-state index in [-0.39, 0.29) is 6.42 Å². The average molecular weight is 184 g/mol. The smallest absolute Gasteiger partial charge is 0.324 e. The van der Waals surface area contributed by atoms with Crippen molar-refractivity contribution in [3.05, 3.63) is 0 Å². The monoisotopic (exact) mass is 184 g/mol. The highest BCUT2D eigenvalue weighted by Gasteiger charge is 2.41.